The second kappa shape index (κ2) is 3.88. The Morgan fingerprint density at radius 3 is 2.86 bits per heavy atom. The third-order valence-electron chi connectivity index (χ3n) is 2.00. The molecule has 1 heterocycles. The van der Waals surface area contributed by atoms with E-state index in [1.54, 1.807) is 0 Å². The molecule has 0 bridgehead atoms. The van der Waals surface area contributed by atoms with Crippen LogP contribution in [0, 0.1) is 5.92 Å². The minimum absolute atomic E-state index is 0.262. The zero-order chi connectivity index (χ0) is 10.2. The van der Waals surface area contributed by atoms with Gasteiger partial charge in [-0.05, 0) is 46.2 Å². The monoisotopic (exact) mass is 296 g/mol. The Morgan fingerprint density at radius 1 is 1.64 bits per heavy atom. The summed E-state index contributed by atoms with van der Waals surface area (Å²) in [6.45, 7) is 0.548. The van der Waals surface area contributed by atoms with E-state index in [1.807, 2.05) is 0 Å². The maximum atomic E-state index is 11.7. The highest BCUT2D eigenvalue weighted by Gasteiger charge is 2.26. The summed E-state index contributed by atoms with van der Waals surface area (Å²) in [5, 5.41) is 0. The van der Waals surface area contributed by atoms with Crippen molar-refractivity contribution in [2.75, 3.05) is 6.54 Å². The van der Waals surface area contributed by atoms with Crippen LogP contribution in [0.2, 0.25) is 0 Å². The van der Waals surface area contributed by atoms with Gasteiger partial charge in [0.2, 0.25) is 0 Å². The van der Waals surface area contributed by atoms with Crippen molar-refractivity contribution in [1.29, 1.82) is 0 Å². The van der Waals surface area contributed by atoms with E-state index in [2.05, 4.69) is 25.0 Å². The van der Waals surface area contributed by atoms with Crippen molar-refractivity contribution in [3.63, 3.8) is 0 Å². The first-order chi connectivity index (χ1) is 6.59. The smallest absolute Gasteiger partial charge is 0.210 e. The van der Waals surface area contributed by atoms with Gasteiger partial charge in [-0.25, -0.2) is 13.1 Å². The van der Waals surface area contributed by atoms with Crippen molar-refractivity contribution in [3.8, 4) is 0 Å². The molecule has 0 aromatic carbocycles. The molecule has 0 radical (unpaired) electrons. The Kier molecular flexibility index (Phi) is 2.92. The summed E-state index contributed by atoms with van der Waals surface area (Å²) >= 11 is 4.13. The van der Waals surface area contributed by atoms with Crippen LogP contribution in [-0.2, 0) is 10.0 Å². The minimum Gasteiger partial charge on any atom is -0.210 e. The van der Waals surface area contributed by atoms with Crippen molar-refractivity contribution >= 4 is 37.5 Å². The van der Waals surface area contributed by atoms with Gasteiger partial charge >= 0.3 is 0 Å². The summed E-state index contributed by atoms with van der Waals surface area (Å²) in [7, 11) is -3.34. The van der Waals surface area contributed by atoms with E-state index in [1.165, 1.54) is 6.20 Å². The second-order valence-electron chi connectivity index (χ2n) is 3.26. The van der Waals surface area contributed by atoms with Gasteiger partial charge in [-0.15, -0.1) is 0 Å². The van der Waals surface area contributed by atoms with Crippen LogP contribution < -0.4 is 4.72 Å². The lowest BCUT2D eigenvalue weighted by atomic mass is 10.4. The molecule has 1 aliphatic rings. The fourth-order valence-electron chi connectivity index (χ4n) is 1.01. The number of nitrogens with zero attached hydrogens (tertiary/aromatic N) is 1. The number of aromatic nitrogens is 1. The van der Waals surface area contributed by atoms with Crippen molar-refractivity contribution in [2.45, 2.75) is 17.1 Å². The molecular formula is C7H9BrN2O2S2. The van der Waals surface area contributed by atoms with Crippen LogP contribution in [0.15, 0.2) is 14.9 Å². The molecule has 1 aliphatic carbocycles. The molecule has 14 heavy (non-hydrogen) atoms. The van der Waals surface area contributed by atoms with Crippen LogP contribution in [0.25, 0.3) is 0 Å². The zero-order valence-corrected chi connectivity index (χ0v) is 10.5. The molecule has 7 heteroatoms. The molecule has 1 aromatic rings. The predicted octanol–water partition coefficient (Wildman–Crippen LogP) is 1.59. The van der Waals surface area contributed by atoms with Gasteiger partial charge in [-0.3, -0.25) is 0 Å². The summed E-state index contributed by atoms with van der Waals surface area (Å²) in [5.74, 6) is 0.538. The lowest BCUT2D eigenvalue weighted by molar-refractivity contribution is 0.579. The third kappa shape index (κ3) is 2.33. The fourth-order valence-corrected chi connectivity index (χ4v) is 4.09. The van der Waals surface area contributed by atoms with Crippen LogP contribution in [0.4, 0.5) is 0 Å². The molecular weight excluding hydrogens is 288 g/mol. The summed E-state index contributed by atoms with van der Waals surface area (Å²) < 4.78 is 30.5. The Morgan fingerprint density at radius 2 is 2.36 bits per heavy atom. The van der Waals surface area contributed by atoms with Gasteiger partial charge in [-0.1, -0.05) is 0 Å². The second-order valence-corrected chi connectivity index (χ2v) is 6.87. The third-order valence-corrected chi connectivity index (χ3v) is 5.86. The summed E-state index contributed by atoms with van der Waals surface area (Å²) in [6, 6.07) is 0. The highest BCUT2D eigenvalue weighted by atomic mass is 79.9. The summed E-state index contributed by atoms with van der Waals surface area (Å²) in [4.78, 5) is 0. The summed E-state index contributed by atoms with van der Waals surface area (Å²) in [6.07, 6.45) is 3.76. The molecule has 1 fully saturated rings. The SMILES string of the molecule is O=S(=O)(NCC1CC1)c1sncc1Br. The van der Waals surface area contributed by atoms with Gasteiger partial charge in [-0.2, -0.15) is 4.37 Å². The van der Waals surface area contributed by atoms with Gasteiger partial charge in [0.25, 0.3) is 10.0 Å². The van der Waals surface area contributed by atoms with Gasteiger partial charge < -0.3 is 0 Å². The Hall–Kier alpha value is 0.0200. The normalized spacial score (nSPS) is 17.2. The first-order valence-corrected chi connectivity index (χ1v) is 7.24. The Bertz CT molecular complexity index is 425. The number of hydrogen-bond donors (Lipinski definition) is 1. The molecule has 0 amide bonds. The predicted molar refractivity (Wildman–Crippen MR) is 57.7 cm³/mol. The number of nitrogens with one attached hydrogen (secondary N) is 1. The average molecular weight is 297 g/mol. The molecule has 0 saturated heterocycles. The van der Waals surface area contributed by atoms with Crippen molar-refractivity contribution in [1.82, 2.24) is 9.10 Å². The zero-order valence-electron chi connectivity index (χ0n) is 7.23. The van der Waals surface area contributed by atoms with E-state index in [9.17, 15) is 8.42 Å². The minimum atomic E-state index is -3.34. The van der Waals surface area contributed by atoms with Crippen molar-refractivity contribution < 1.29 is 8.42 Å². The van der Waals surface area contributed by atoms with E-state index >= 15 is 0 Å². The first kappa shape index (κ1) is 10.5. The van der Waals surface area contributed by atoms with Gasteiger partial charge in [0, 0.05) is 6.54 Å². The molecule has 78 valence electrons. The number of halogens is 1. The molecule has 0 aliphatic heterocycles. The number of rotatable bonds is 4. The molecule has 0 spiro atoms. The van der Waals surface area contributed by atoms with E-state index in [0.717, 1.165) is 24.4 Å². The Balaban J connectivity index is 2.10. The quantitative estimate of drug-likeness (QED) is 0.918. The topological polar surface area (TPSA) is 59.1 Å². The summed E-state index contributed by atoms with van der Waals surface area (Å²) in [5.41, 5.74) is 0. The molecule has 1 N–H and O–H groups in total. The van der Waals surface area contributed by atoms with Crippen LogP contribution in [-0.4, -0.2) is 19.3 Å². The van der Waals surface area contributed by atoms with Gasteiger partial charge in [0.1, 0.15) is 0 Å². The van der Waals surface area contributed by atoms with E-state index in [-0.39, 0.29) is 4.21 Å². The van der Waals surface area contributed by atoms with Crippen molar-refractivity contribution in [3.05, 3.63) is 10.7 Å². The number of sulfonamides is 1. The van der Waals surface area contributed by atoms with Crippen LogP contribution in [0.5, 0.6) is 0 Å². The first-order valence-electron chi connectivity index (χ1n) is 4.19. The lowest BCUT2D eigenvalue weighted by Crippen LogP contribution is -2.25. The van der Waals surface area contributed by atoms with Crippen LogP contribution in [0.3, 0.4) is 0 Å². The lowest BCUT2D eigenvalue weighted by Gasteiger charge is -2.02. The molecule has 0 atom stereocenters. The average Bonchev–Trinajstić information content (AvgIpc) is 2.85. The van der Waals surface area contributed by atoms with Gasteiger partial charge in [0.15, 0.2) is 4.21 Å². The molecule has 0 unspecified atom stereocenters. The highest BCUT2D eigenvalue weighted by Crippen LogP contribution is 2.29. The number of hydrogen-bond acceptors (Lipinski definition) is 4. The van der Waals surface area contributed by atoms with Gasteiger partial charge in [0.05, 0.1) is 10.7 Å². The molecule has 1 aromatic heterocycles. The highest BCUT2D eigenvalue weighted by molar-refractivity contribution is 9.10. The molecule has 1 saturated carbocycles. The van der Waals surface area contributed by atoms with Crippen LogP contribution >= 0.6 is 27.5 Å². The maximum absolute atomic E-state index is 11.7. The van der Waals surface area contributed by atoms with E-state index in [0.29, 0.717) is 16.9 Å². The largest absolute Gasteiger partial charge is 0.252 e. The van der Waals surface area contributed by atoms with E-state index in [4.69, 9.17) is 0 Å². The molecule has 2 rings (SSSR count). The Labute approximate surface area is 95.1 Å². The maximum Gasteiger partial charge on any atom is 0.252 e. The fraction of sp³-hybridized carbons (Fsp3) is 0.571. The van der Waals surface area contributed by atoms with E-state index < -0.39 is 10.0 Å². The van der Waals surface area contributed by atoms with Crippen molar-refractivity contribution in [2.24, 2.45) is 5.92 Å². The standard InChI is InChI=1S/C7H9BrN2O2S2/c8-6-4-9-13-7(6)14(11,12)10-3-5-1-2-5/h4-5,10H,1-3H2. The molecule has 4 nitrogen and oxygen atoms in total. The van der Waals surface area contributed by atoms with Crippen LogP contribution in [0.1, 0.15) is 12.8 Å².